The number of hydrogen-bond acceptors (Lipinski definition) is 5. The molecule has 6 nitrogen and oxygen atoms in total. The monoisotopic (exact) mass is 341 g/mol. The maximum atomic E-state index is 12.8. The minimum absolute atomic E-state index is 0.0797. The minimum atomic E-state index is -0.911. The highest BCUT2D eigenvalue weighted by Gasteiger charge is 2.49. The normalized spacial score (nSPS) is 28.9. The summed E-state index contributed by atoms with van der Waals surface area (Å²) in [6.07, 6.45) is 2.91. The second-order valence-corrected chi connectivity index (χ2v) is 7.98. The highest BCUT2D eigenvalue weighted by molar-refractivity contribution is 5.90. The van der Waals surface area contributed by atoms with Crippen molar-refractivity contribution in [2.75, 3.05) is 19.8 Å². The van der Waals surface area contributed by atoms with Crippen LogP contribution in [0.3, 0.4) is 0 Å². The third-order valence-electron chi connectivity index (χ3n) is 4.65. The van der Waals surface area contributed by atoms with E-state index in [1.807, 2.05) is 20.8 Å². The number of ether oxygens (including phenoxy) is 3. The van der Waals surface area contributed by atoms with Crippen LogP contribution in [0.1, 0.15) is 60.3 Å². The van der Waals surface area contributed by atoms with Gasteiger partial charge in [0.2, 0.25) is 0 Å². The van der Waals surface area contributed by atoms with E-state index >= 15 is 0 Å². The largest absolute Gasteiger partial charge is 0.458 e. The first-order valence-corrected chi connectivity index (χ1v) is 8.91. The van der Waals surface area contributed by atoms with Gasteiger partial charge in [0.15, 0.2) is 0 Å². The Kier molecular flexibility index (Phi) is 5.91. The van der Waals surface area contributed by atoms with Crippen molar-refractivity contribution in [2.24, 2.45) is 0 Å². The summed E-state index contributed by atoms with van der Waals surface area (Å²) in [5.74, 6) is -0.494. The number of carbonyl (C=O) groups excluding carboxylic acids is 2. The zero-order valence-electron chi connectivity index (χ0n) is 15.6. The third kappa shape index (κ3) is 4.48. The van der Waals surface area contributed by atoms with Crippen molar-refractivity contribution in [3.8, 4) is 0 Å². The number of likely N-dealkylation sites (tertiary alicyclic amines) is 1. The average Bonchev–Trinajstić information content (AvgIpc) is 3.12. The van der Waals surface area contributed by atoms with Crippen molar-refractivity contribution in [2.45, 2.75) is 83.6 Å². The van der Waals surface area contributed by atoms with Gasteiger partial charge in [-0.2, -0.15) is 0 Å². The summed E-state index contributed by atoms with van der Waals surface area (Å²) >= 11 is 0. The first-order chi connectivity index (χ1) is 11.1. The fourth-order valence-corrected chi connectivity index (χ4v) is 3.23. The molecule has 3 unspecified atom stereocenters. The number of rotatable bonds is 5. The van der Waals surface area contributed by atoms with Crippen LogP contribution in [0.4, 0.5) is 0 Å². The lowest BCUT2D eigenvalue weighted by Gasteiger charge is -2.36. The lowest BCUT2D eigenvalue weighted by atomic mass is 9.98. The van der Waals surface area contributed by atoms with E-state index in [1.54, 1.807) is 18.7 Å². The molecule has 0 aromatic carbocycles. The highest BCUT2D eigenvalue weighted by Crippen LogP contribution is 2.32. The summed E-state index contributed by atoms with van der Waals surface area (Å²) in [5.41, 5.74) is -1.48. The molecule has 138 valence electrons. The Morgan fingerprint density at radius 3 is 2.62 bits per heavy atom. The second-order valence-electron chi connectivity index (χ2n) is 7.98. The van der Waals surface area contributed by atoms with Gasteiger partial charge in [-0.1, -0.05) is 0 Å². The molecule has 2 fully saturated rings. The fraction of sp³-hybridized carbons (Fsp3) is 0.889. The van der Waals surface area contributed by atoms with E-state index in [0.29, 0.717) is 19.6 Å². The van der Waals surface area contributed by atoms with Crippen molar-refractivity contribution >= 4 is 11.9 Å². The highest BCUT2D eigenvalue weighted by atomic mass is 16.6. The number of esters is 1. The summed E-state index contributed by atoms with van der Waals surface area (Å²) in [4.78, 5) is 27.0. The van der Waals surface area contributed by atoms with Crippen molar-refractivity contribution in [3.05, 3.63) is 0 Å². The van der Waals surface area contributed by atoms with Gasteiger partial charge in [0.1, 0.15) is 17.2 Å². The first-order valence-electron chi connectivity index (χ1n) is 8.91. The topological polar surface area (TPSA) is 65.1 Å². The third-order valence-corrected chi connectivity index (χ3v) is 4.65. The van der Waals surface area contributed by atoms with Crippen LogP contribution in [0.2, 0.25) is 0 Å². The van der Waals surface area contributed by atoms with Gasteiger partial charge in [-0.15, -0.1) is 0 Å². The van der Waals surface area contributed by atoms with Crippen molar-refractivity contribution < 1.29 is 23.8 Å². The van der Waals surface area contributed by atoms with Crippen LogP contribution in [0.5, 0.6) is 0 Å². The standard InChI is InChI=1S/C18H31NO5/c1-13(23-12-14-8-6-11-22-14)15(20)19-10-7-9-18(19,5)16(21)24-17(2,3)4/h13-14H,6-12H2,1-5H3. The number of carbonyl (C=O) groups is 2. The lowest BCUT2D eigenvalue weighted by Crippen LogP contribution is -2.55. The van der Waals surface area contributed by atoms with Gasteiger partial charge in [-0.05, 0) is 60.3 Å². The Bertz CT molecular complexity index is 467. The van der Waals surface area contributed by atoms with E-state index in [4.69, 9.17) is 14.2 Å². The Labute approximate surface area is 144 Å². The molecular weight excluding hydrogens is 310 g/mol. The Hall–Kier alpha value is -1.14. The van der Waals surface area contributed by atoms with Crippen LogP contribution < -0.4 is 0 Å². The quantitative estimate of drug-likeness (QED) is 0.718. The van der Waals surface area contributed by atoms with Crippen LogP contribution in [-0.4, -0.2) is 59.9 Å². The van der Waals surface area contributed by atoms with Gasteiger partial charge in [0.25, 0.3) is 5.91 Å². The molecule has 3 atom stereocenters. The number of nitrogens with zero attached hydrogens (tertiary/aromatic N) is 1. The Balaban J connectivity index is 1.97. The lowest BCUT2D eigenvalue weighted by molar-refractivity contribution is -0.173. The molecule has 1 amide bonds. The van der Waals surface area contributed by atoms with Crippen LogP contribution in [0.15, 0.2) is 0 Å². The van der Waals surface area contributed by atoms with Crippen LogP contribution >= 0.6 is 0 Å². The summed E-state index contributed by atoms with van der Waals surface area (Å²) in [6, 6.07) is 0. The Morgan fingerprint density at radius 1 is 1.33 bits per heavy atom. The molecule has 2 rings (SSSR count). The molecule has 0 N–H and O–H groups in total. The van der Waals surface area contributed by atoms with Gasteiger partial charge in [0.05, 0.1) is 12.7 Å². The maximum Gasteiger partial charge on any atom is 0.332 e. The van der Waals surface area contributed by atoms with Crippen molar-refractivity contribution in [1.82, 2.24) is 4.90 Å². The van der Waals surface area contributed by atoms with E-state index in [9.17, 15) is 9.59 Å². The molecule has 0 spiro atoms. The van der Waals surface area contributed by atoms with Crippen LogP contribution in [-0.2, 0) is 23.8 Å². The fourth-order valence-electron chi connectivity index (χ4n) is 3.23. The zero-order valence-corrected chi connectivity index (χ0v) is 15.6. The van der Waals surface area contributed by atoms with Gasteiger partial charge in [0, 0.05) is 13.2 Å². The molecule has 0 aromatic rings. The first kappa shape index (κ1) is 19.2. The molecule has 0 bridgehead atoms. The predicted molar refractivity (Wildman–Crippen MR) is 89.6 cm³/mol. The van der Waals surface area contributed by atoms with E-state index in [0.717, 1.165) is 25.9 Å². The molecule has 0 radical (unpaired) electrons. The smallest absolute Gasteiger partial charge is 0.332 e. The maximum absolute atomic E-state index is 12.8. The molecule has 2 heterocycles. The van der Waals surface area contributed by atoms with Gasteiger partial charge >= 0.3 is 5.97 Å². The molecule has 0 aliphatic carbocycles. The van der Waals surface area contributed by atoms with Crippen molar-refractivity contribution in [1.29, 1.82) is 0 Å². The summed E-state index contributed by atoms with van der Waals surface area (Å²) in [6.45, 7) is 10.8. The van der Waals surface area contributed by atoms with Gasteiger partial charge in [-0.25, -0.2) is 4.79 Å². The molecule has 2 aliphatic rings. The van der Waals surface area contributed by atoms with E-state index in [1.165, 1.54) is 0 Å². The average molecular weight is 341 g/mol. The molecule has 0 aromatic heterocycles. The SMILES string of the molecule is CC(OCC1CCCO1)C(=O)N1CCCC1(C)C(=O)OC(C)(C)C. The van der Waals surface area contributed by atoms with E-state index in [-0.39, 0.29) is 18.0 Å². The summed E-state index contributed by atoms with van der Waals surface area (Å²) < 4.78 is 16.8. The van der Waals surface area contributed by atoms with E-state index < -0.39 is 17.2 Å². The number of hydrogen-bond donors (Lipinski definition) is 0. The van der Waals surface area contributed by atoms with Crippen LogP contribution in [0.25, 0.3) is 0 Å². The second kappa shape index (κ2) is 7.40. The molecular formula is C18H31NO5. The minimum Gasteiger partial charge on any atom is -0.458 e. The molecule has 2 saturated heterocycles. The van der Waals surface area contributed by atoms with Crippen LogP contribution in [0, 0.1) is 0 Å². The molecule has 0 saturated carbocycles. The summed E-state index contributed by atoms with van der Waals surface area (Å²) in [5, 5.41) is 0. The summed E-state index contributed by atoms with van der Waals surface area (Å²) in [7, 11) is 0. The Morgan fingerprint density at radius 2 is 2.04 bits per heavy atom. The van der Waals surface area contributed by atoms with E-state index in [2.05, 4.69) is 0 Å². The van der Waals surface area contributed by atoms with Crippen molar-refractivity contribution in [3.63, 3.8) is 0 Å². The molecule has 2 aliphatic heterocycles. The number of amides is 1. The zero-order chi connectivity index (χ0) is 18.0. The molecule has 24 heavy (non-hydrogen) atoms. The van der Waals surface area contributed by atoms with Gasteiger partial charge in [-0.3, -0.25) is 4.79 Å². The molecule has 6 heteroatoms. The predicted octanol–water partition coefficient (Wildman–Crippen LogP) is 2.29. The van der Waals surface area contributed by atoms with Gasteiger partial charge < -0.3 is 19.1 Å².